The van der Waals surface area contributed by atoms with E-state index in [2.05, 4.69) is 11.4 Å². The van der Waals surface area contributed by atoms with Gasteiger partial charge >= 0.3 is 0 Å². The van der Waals surface area contributed by atoms with Crippen LogP contribution in [0.2, 0.25) is 10.0 Å². The van der Waals surface area contributed by atoms with E-state index in [1.807, 2.05) is 37.4 Å². The summed E-state index contributed by atoms with van der Waals surface area (Å²) in [4.78, 5) is 0. The molecule has 0 spiro atoms. The van der Waals surface area contributed by atoms with Crippen molar-refractivity contribution in [2.75, 3.05) is 27.3 Å². The van der Waals surface area contributed by atoms with E-state index in [0.29, 0.717) is 16.7 Å². The van der Waals surface area contributed by atoms with Crippen LogP contribution in [0.3, 0.4) is 0 Å². The van der Waals surface area contributed by atoms with Crippen LogP contribution >= 0.6 is 23.2 Å². The van der Waals surface area contributed by atoms with Crippen LogP contribution in [0, 0.1) is 0 Å². The lowest BCUT2D eigenvalue weighted by molar-refractivity contribution is 0.0334. The van der Waals surface area contributed by atoms with Gasteiger partial charge in [-0.2, -0.15) is 0 Å². The van der Waals surface area contributed by atoms with E-state index < -0.39 is 0 Å². The Bertz CT molecular complexity index is 705. The van der Waals surface area contributed by atoms with Gasteiger partial charge in [-0.3, -0.25) is 0 Å². The number of ether oxygens (including phenoxy) is 2. The molecule has 1 aliphatic heterocycles. The molecule has 0 saturated carbocycles. The fourth-order valence-corrected chi connectivity index (χ4v) is 3.43. The predicted octanol–water partition coefficient (Wildman–Crippen LogP) is 4.42. The molecule has 0 aliphatic carbocycles. The summed E-state index contributed by atoms with van der Waals surface area (Å²) in [6, 6.07) is 11.9. The summed E-state index contributed by atoms with van der Waals surface area (Å²) in [7, 11) is 3.61. The summed E-state index contributed by atoms with van der Waals surface area (Å²) in [5.74, 6) is 0.968. The Morgan fingerprint density at radius 1 is 1.22 bits per heavy atom. The minimum absolute atomic E-state index is 0.0230. The van der Waals surface area contributed by atoms with Gasteiger partial charge in [0, 0.05) is 18.0 Å². The Morgan fingerprint density at radius 3 is 2.74 bits per heavy atom. The maximum Gasteiger partial charge on any atom is 0.125 e. The van der Waals surface area contributed by atoms with Gasteiger partial charge in [0.25, 0.3) is 0 Å². The third-order valence-corrected chi connectivity index (χ3v) is 4.96. The van der Waals surface area contributed by atoms with Crippen molar-refractivity contribution in [3.8, 4) is 5.75 Å². The molecule has 0 fully saturated rings. The summed E-state index contributed by atoms with van der Waals surface area (Å²) >= 11 is 12.2. The zero-order valence-corrected chi connectivity index (χ0v) is 14.6. The number of nitrogens with one attached hydrogen (secondary N) is 1. The molecule has 3 nitrogen and oxygen atoms in total. The van der Waals surface area contributed by atoms with E-state index in [4.69, 9.17) is 32.7 Å². The Morgan fingerprint density at radius 2 is 2.04 bits per heavy atom. The molecular formula is C18H19Cl2NO2. The largest absolute Gasteiger partial charge is 0.496 e. The van der Waals surface area contributed by atoms with E-state index in [9.17, 15) is 0 Å². The molecule has 0 saturated heterocycles. The lowest BCUT2D eigenvalue weighted by Crippen LogP contribution is -2.28. The number of fused-ring (bicyclic) bond motifs is 1. The first-order valence-electron chi connectivity index (χ1n) is 7.53. The van der Waals surface area contributed by atoms with Gasteiger partial charge < -0.3 is 14.8 Å². The molecule has 5 heteroatoms. The molecule has 2 unspecified atom stereocenters. The number of rotatable bonds is 4. The standard InChI is InChI=1S/C18H19Cl2NO2/c1-21-9-17-18-12(4-3-5-16(18)22-2)13(10-23-17)11-6-7-14(19)15(20)8-11/h3-8,13,17,21H,9-10H2,1-2H3. The number of methoxy groups -OCH3 is 1. The Labute approximate surface area is 146 Å². The second-order valence-corrected chi connectivity index (χ2v) is 6.38. The average molecular weight is 352 g/mol. The molecule has 1 N–H and O–H groups in total. The monoisotopic (exact) mass is 351 g/mol. The fraction of sp³-hybridized carbons (Fsp3) is 0.333. The fourth-order valence-electron chi connectivity index (χ4n) is 3.12. The second-order valence-electron chi connectivity index (χ2n) is 5.57. The highest BCUT2D eigenvalue weighted by molar-refractivity contribution is 6.42. The molecule has 2 aromatic carbocycles. The Balaban J connectivity index is 2.08. The van der Waals surface area contributed by atoms with E-state index in [0.717, 1.165) is 23.4 Å². The van der Waals surface area contributed by atoms with Crippen LogP contribution in [-0.4, -0.2) is 27.3 Å². The van der Waals surface area contributed by atoms with Gasteiger partial charge in [-0.1, -0.05) is 41.4 Å². The van der Waals surface area contributed by atoms with Gasteiger partial charge in [-0.05, 0) is 36.4 Å². The van der Waals surface area contributed by atoms with Gasteiger partial charge in [0.1, 0.15) is 5.75 Å². The number of likely N-dealkylation sites (N-methyl/N-ethyl adjacent to an activating group) is 1. The number of hydrogen-bond donors (Lipinski definition) is 1. The molecule has 2 aromatic rings. The molecule has 122 valence electrons. The van der Waals surface area contributed by atoms with Crippen molar-refractivity contribution in [2.24, 2.45) is 0 Å². The van der Waals surface area contributed by atoms with Crippen LogP contribution in [0.1, 0.15) is 28.7 Å². The molecule has 0 aromatic heterocycles. The highest BCUT2D eigenvalue weighted by Gasteiger charge is 2.31. The molecule has 3 rings (SSSR count). The number of halogens is 2. The topological polar surface area (TPSA) is 30.5 Å². The number of hydrogen-bond acceptors (Lipinski definition) is 3. The van der Waals surface area contributed by atoms with Gasteiger partial charge in [-0.15, -0.1) is 0 Å². The normalized spacial score (nSPS) is 20.2. The van der Waals surface area contributed by atoms with Gasteiger partial charge in [-0.25, -0.2) is 0 Å². The summed E-state index contributed by atoms with van der Waals surface area (Å²) in [5.41, 5.74) is 3.41. The quantitative estimate of drug-likeness (QED) is 0.883. The molecule has 1 aliphatic rings. The van der Waals surface area contributed by atoms with Crippen molar-refractivity contribution in [3.05, 3.63) is 63.1 Å². The van der Waals surface area contributed by atoms with Crippen LogP contribution < -0.4 is 10.1 Å². The first kappa shape index (κ1) is 16.6. The Hall–Kier alpha value is -1.26. The van der Waals surface area contributed by atoms with Crippen molar-refractivity contribution in [2.45, 2.75) is 12.0 Å². The smallest absolute Gasteiger partial charge is 0.125 e. The van der Waals surface area contributed by atoms with E-state index in [1.165, 1.54) is 5.56 Å². The summed E-state index contributed by atoms with van der Waals surface area (Å²) < 4.78 is 11.7. The van der Waals surface area contributed by atoms with Crippen LogP contribution in [0.5, 0.6) is 5.75 Å². The van der Waals surface area contributed by atoms with Gasteiger partial charge in [0.15, 0.2) is 0 Å². The summed E-state index contributed by atoms with van der Waals surface area (Å²) in [5, 5.41) is 4.30. The van der Waals surface area contributed by atoms with Crippen molar-refractivity contribution in [3.63, 3.8) is 0 Å². The minimum atomic E-state index is -0.0230. The summed E-state index contributed by atoms with van der Waals surface area (Å²) in [6.45, 7) is 1.34. The maximum atomic E-state index is 6.19. The van der Waals surface area contributed by atoms with Crippen molar-refractivity contribution < 1.29 is 9.47 Å². The second kappa shape index (κ2) is 7.10. The number of benzene rings is 2. The van der Waals surface area contributed by atoms with Crippen LogP contribution in [0.15, 0.2) is 36.4 Å². The molecule has 23 heavy (non-hydrogen) atoms. The van der Waals surface area contributed by atoms with E-state index >= 15 is 0 Å². The highest BCUT2D eigenvalue weighted by atomic mass is 35.5. The zero-order valence-electron chi connectivity index (χ0n) is 13.1. The minimum Gasteiger partial charge on any atom is -0.496 e. The van der Waals surface area contributed by atoms with Crippen molar-refractivity contribution in [1.82, 2.24) is 5.32 Å². The lowest BCUT2D eigenvalue weighted by atomic mass is 9.84. The average Bonchev–Trinajstić information content (AvgIpc) is 2.57. The first-order valence-corrected chi connectivity index (χ1v) is 8.29. The maximum absolute atomic E-state index is 6.19. The first-order chi connectivity index (χ1) is 11.2. The highest BCUT2D eigenvalue weighted by Crippen LogP contribution is 2.42. The van der Waals surface area contributed by atoms with Crippen LogP contribution in [-0.2, 0) is 4.74 Å². The summed E-state index contributed by atoms with van der Waals surface area (Å²) in [6.07, 6.45) is -0.0230. The molecule has 0 radical (unpaired) electrons. The van der Waals surface area contributed by atoms with Gasteiger partial charge in [0.05, 0.1) is 29.9 Å². The van der Waals surface area contributed by atoms with Crippen LogP contribution in [0.25, 0.3) is 0 Å². The van der Waals surface area contributed by atoms with Crippen molar-refractivity contribution in [1.29, 1.82) is 0 Å². The third-order valence-electron chi connectivity index (χ3n) is 4.22. The molecular weight excluding hydrogens is 333 g/mol. The Kier molecular flexibility index (Phi) is 5.12. The van der Waals surface area contributed by atoms with Crippen molar-refractivity contribution >= 4 is 23.2 Å². The zero-order chi connectivity index (χ0) is 16.4. The van der Waals surface area contributed by atoms with Crippen LogP contribution in [0.4, 0.5) is 0 Å². The predicted molar refractivity (Wildman–Crippen MR) is 93.9 cm³/mol. The van der Waals surface area contributed by atoms with Gasteiger partial charge in [0.2, 0.25) is 0 Å². The lowest BCUT2D eigenvalue weighted by Gasteiger charge is -2.33. The molecule has 1 heterocycles. The SMILES string of the molecule is CNCC1OCC(c2ccc(Cl)c(Cl)c2)c2cccc(OC)c21. The van der Waals surface area contributed by atoms with E-state index in [1.54, 1.807) is 7.11 Å². The molecule has 2 atom stereocenters. The molecule has 0 bridgehead atoms. The third kappa shape index (κ3) is 3.20. The van der Waals surface area contributed by atoms with E-state index in [-0.39, 0.29) is 12.0 Å². The molecule has 0 amide bonds.